The minimum atomic E-state index is -0.255. The molecule has 0 radical (unpaired) electrons. The van der Waals surface area contributed by atoms with Crippen molar-refractivity contribution in [2.24, 2.45) is 0 Å². The molecule has 0 spiro atoms. The largest absolute Gasteiger partial charge is 0.445 e. The van der Waals surface area contributed by atoms with Crippen molar-refractivity contribution in [3.05, 3.63) is 35.9 Å². The van der Waals surface area contributed by atoms with Crippen molar-refractivity contribution < 1.29 is 14.4 Å². The molecule has 0 atom stereocenters. The molecule has 1 saturated heterocycles. The molecule has 1 aromatic rings. The molecule has 1 aliphatic rings. The Balaban J connectivity index is 1.75. The van der Waals surface area contributed by atoms with Crippen LogP contribution < -0.4 is 0 Å². The highest BCUT2D eigenvalue weighted by atomic mass is 16.7. The Morgan fingerprint density at radius 3 is 2.44 bits per heavy atom. The Hall–Kier alpha value is -1.59. The van der Waals surface area contributed by atoms with Crippen molar-refractivity contribution in [2.75, 3.05) is 33.3 Å². The van der Waals surface area contributed by atoms with E-state index in [0.717, 1.165) is 18.7 Å². The van der Waals surface area contributed by atoms with Crippen LogP contribution in [0.5, 0.6) is 0 Å². The number of carbonyl (C=O) groups excluding carboxylic acids is 1. The van der Waals surface area contributed by atoms with E-state index < -0.39 is 0 Å². The lowest BCUT2D eigenvalue weighted by atomic mass is 10.2. The van der Waals surface area contributed by atoms with E-state index in [-0.39, 0.29) is 6.09 Å². The molecule has 5 nitrogen and oxygen atoms in total. The maximum absolute atomic E-state index is 11.8. The number of ether oxygens (including phenoxy) is 1. The van der Waals surface area contributed by atoms with Gasteiger partial charge in [-0.1, -0.05) is 30.3 Å². The van der Waals surface area contributed by atoms with E-state index >= 15 is 0 Å². The molecule has 0 aliphatic carbocycles. The number of carbonyl (C=O) groups is 1. The van der Waals surface area contributed by atoms with Gasteiger partial charge in [-0.2, -0.15) is 5.06 Å². The monoisotopic (exact) mass is 250 g/mol. The van der Waals surface area contributed by atoms with Crippen LogP contribution in [-0.4, -0.2) is 49.3 Å². The Morgan fingerprint density at radius 2 is 1.83 bits per heavy atom. The van der Waals surface area contributed by atoms with Gasteiger partial charge in [0.2, 0.25) is 0 Å². The molecule has 0 N–H and O–H groups in total. The summed E-state index contributed by atoms with van der Waals surface area (Å²) in [6.07, 6.45) is -0.255. The van der Waals surface area contributed by atoms with Crippen molar-refractivity contribution >= 4 is 6.09 Å². The number of hydrogen-bond donors (Lipinski definition) is 0. The summed E-state index contributed by atoms with van der Waals surface area (Å²) in [5, 5.41) is 1.83. The number of rotatable bonds is 3. The van der Waals surface area contributed by atoms with Crippen LogP contribution in [0.4, 0.5) is 4.79 Å². The zero-order valence-corrected chi connectivity index (χ0v) is 10.5. The lowest BCUT2D eigenvalue weighted by Crippen LogP contribution is -2.48. The molecule has 0 bridgehead atoms. The molecular weight excluding hydrogens is 232 g/mol. The van der Waals surface area contributed by atoms with Gasteiger partial charge in [0.15, 0.2) is 0 Å². The SMILES string of the molecule is CON1CCN(C(=O)OCc2ccccc2)CC1. The summed E-state index contributed by atoms with van der Waals surface area (Å²) in [4.78, 5) is 18.6. The van der Waals surface area contributed by atoms with Gasteiger partial charge in [-0.25, -0.2) is 4.79 Å². The number of benzene rings is 1. The van der Waals surface area contributed by atoms with Gasteiger partial charge in [-0.15, -0.1) is 0 Å². The van der Waals surface area contributed by atoms with Gasteiger partial charge in [0, 0.05) is 26.2 Å². The van der Waals surface area contributed by atoms with Crippen LogP contribution in [0.25, 0.3) is 0 Å². The first-order valence-electron chi connectivity index (χ1n) is 6.04. The number of piperazine rings is 1. The van der Waals surface area contributed by atoms with E-state index in [0.29, 0.717) is 19.7 Å². The molecule has 1 aromatic carbocycles. The average Bonchev–Trinajstić information content (AvgIpc) is 2.46. The molecule has 1 fully saturated rings. The standard InChI is InChI=1S/C13H18N2O3/c1-17-15-9-7-14(8-10-15)13(16)18-11-12-5-3-2-4-6-12/h2-6H,7-11H2,1H3. The zero-order chi connectivity index (χ0) is 12.8. The second-order valence-electron chi connectivity index (χ2n) is 4.14. The van der Waals surface area contributed by atoms with Crippen molar-refractivity contribution in [2.45, 2.75) is 6.61 Å². The summed E-state index contributed by atoms with van der Waals surface area (Å²) in [5.74, 6) is 0. The summed E-state index contributed by atoms with van der Waals surface area (Å²) in [6.45, 7) is 3.04. The fourth-order valence-electron chi connectivity index (χ4n) is 1.86. The van der Waals surface area contributed by atoms with Crippen molar-refractivity contribution in [3.8, 4) is 0 Å². The second-order valence-corrected chi connectivity index (χ2v) is 4.14. The third-order valence-corrected chi connectivity index (χ3v) is 2.96. The average molecular weight is 250 g/mol. The normalized spacial score (nSPS) is 16.6. The quantitative estimate of drug-likeness (QED) is 0.815. The van der Waals surface area contributed by atoms with E-state index in [1.54, 1.807) is 12.0 Å². The second kappa shape index (κ2) is 6.37. The van der Waals surface area contributed by atoms with Crippen LogP contribution >= 0.6 is 0 Å². The summed E-state index contributed by atoms with van der Waals surface area (Å²) < 4.78 is 5.26. The summed E-state index contributed by atoms with van der Waals surface area (Å²) >= 11 is 0. The van der Waals surface area contributed by atoms with E-state index in [9.17, 15) is 4.79 Å². The molecule has 1 aliphatic heterocycles. The first kappa shape index (κ1) is 12.9. The van der Waals surface area contributed by atoms with Crippen LogP contribution in [0.3, 0.4) is 0 Å². The van der Waals surface area contributed by atoms with Gasteiger partial charge in [0.05, 0.1) is 7.11 Å². The Bertz CT molecular complexity index is 375. The minimum Gasteiger partial charge on any atom is -0.445 e. The third-order valence-electron chi connectivity index (χ3n) is 2.96. The molecule has 98 valence electrons. The number of nitrogens with zero attached hydrogens (tertiary/aromatic N) is 2. The molecule has 0 aromatic heterocycles. The van der Waals surface area contributed by atoms with Crippen LogP contribution in [-0.2, 0) is 16.2 Å². The molecule has 5 heteroatoms. The number of hydrogen-bond acceptors (Lipinski definition) is 4. The van der Waals surface area contributed by atoms with Crippen LogP contribution in [0.1, 0.15) is 5.56 Å². The molecular formula is C13H18N2O3. The maximum Gasteiger partial charge on any atom is 0.410 e. The van der Waals surface area contributed by atoms with Crippen LogP contribution in [0.2, 0.25) is 0 Å². The fraction of sp³-hybridized carbons (Fsp3) is 0.462. The third kappa shape index (κ3) is 3.45. The number of hydroxylamine groups is 2. The lowest BCUT2D eigenvalue weighted by molar-refractivity contribution is -0.149. The highest BCUT2D eigenvalue weighted by molar-refractivity contribution is 5.67. The highest BCUT2D eigenvalue weighted by Crippen LogP contribution is 2.06. The molecule has 1 heterocycles. The van der Waals surface area contributed by atoms with Gasteiger partial charge in [-0.3, -0.25) is 0 Å². The van der Waals surface area contributed by atoms with E-state index in [1.165, 1.54) is 0 Å². The summed E-state index contributed by atoms with van der Waals surface area (Å²) in [6, 6.07) is 9.68. The van der Waals surface area contributed by atoms with Gasteiger partial charge < -0.3 is 14.5 Å². The van der Waals surface area contributed by atoms with E-state index in [1.807, 2.05) is 35.4 Å². The van der Waals surface area contributed by atoms with Crippen LogP contribution in [0, 0.1) is 0 Å². The topological polar surface area (TPSA) is 42.0 Å². The van der Waals surface area contributed by atoms with Gasteiger partial charge in [-0.05, 0) is 5.56 Å². The lowest BCUT2D eigenvalue weighted by Gasteiger charge is -2.32. The van der Waals surface area contributed by atoms with E-state index in [2.05, 4.69) is 0 Å². The van der Waals surface area contributed by atoms with Crippen LogP contribution in [0.15, 0.2) is 30.3 Å². The van der Waals surface area contributed by atoms with Gasteiger partial charge in [0.25, 0.3) is 0 Å². The van der Waals surface area contributed by atoms with Gasteiger partial charge >= 0.3 is 6.09 Å². The highest BCUT2D eigenvalue weighted by Gasteiger charge is 2.21. The smallest absolute Gasteiger partial charge is 0.410 e. The summed E-state index contributed by atoms with van der Waals surface area (Å²) in [7, 11) is 1.64. The van der Waals surface area contributed by atoms with Crippen molar-refractivity contribution in [1.82, 2.24) is 9.96 Å². The predicted octanol–water partition coefficient (Wildman–Crippen LogP) is 1.50. The Morgan fingerprint density at radius 1 is 1.17 bits per heavy atom. The first-order chi connectivity index (χ1) is 8.79. The Labute approximate surface area is 107 Å². The molecule has 2 rings (SSSR count). The minimum absolute atomic E-state index is 0.255. The summed E-state index contributed by atoms with van der Waals surface area (Å²) in [5.41, 5.74) is 1.00. The van der Waals surface area contributed by atoms with Crippen molar-refractivity contribution in [1.29, 1.82) is 0 Å². The molecule has 0 saturated carbocycles. The Kier molecular flexibility index (Phi) is 4.55. The molecule has 18 heavy (non-hydrogen) atoms. The van der Waals surface area contributed by atoms with Crippen molar-refractivity contribution in [3.63, 3.8) is 0 Å². The molecule has 0 unspecified atom stereocenters. The van der Waals surface area contributed by atoms with E-state index in [4.69, 9.17) is 9.57 Å². The fourth-order valence-corrected chi connectivity index (χ4v) is 1.86. The maximum atomic E-state index is 11.8. The molecule has 1 amide bonds. The van der Waals surface area contributed by atoms with Gasteiger partial charge in [0.1, 0.15) is 6.61 Å². The zero-order valence-electron chi connectivity index (χ0n) is 10.5. The predicted molar refractivity (Wildman–Crippen MR) is 66.8 cm³/mol. The number of amides is 1. The first-order valence-corrected chi connectivity index (χ1v) is 6.04.